The molecule has 1 atom stereocenters. The van der Waals surface area contributed by atoms with E-state index in [4.69, 9.17) is 16.1 Å². The van der Waals surface area contributed by atoms with Gasteiger partial charge < -0.3 is 15.2 Å². The number of halogens is 1. The Kier molecular flexibility index (Phi) is 6.31. The first-order valence-corrected chi connectivity index (χ1v) is 8.03. The van der Waals surface area contributed by atoms with E-state index in [-0.39, 0.29) is 18.2 Å². The quantitative estimate of drug-likeness (QED) is 0.795. The molecule has 0 radical (unpaired) electrons. The van der Waals surface area contributed by atoms with Crippen LogP contribution in [0.1, 0.15) is 26.2 Å². The summed E-state index contributed by atoms with van der Waals surface area (Å²) in [5, 5.41) is 9.78. The fraction of sp³-hybridized carbons (Fsp3) is 0.375. The lowest BCUT2D eigenvalue weighted by Gasteiger charge is -2.12. The third-order valence-electron chi connectivity index (χ3n) is 3.26. The summed E-state index contributed by atoms with van der Waals surface area (Å²) in [6.45, 7) is 3.98. The summed E-state index contributed by atoms with van der Waals surface area (Å²) in [5.41, 5.74) is 0.781. The second kappa shape index (κ2) is 8.44. The molecule has 0 aliphatic heterocycles. The lowest BCUT2D eigenvalue weighted by Crippen LogP contribution is -2.44. The first kappa shape index (κ1) is 17.9. The Bertz CT molecular complexity index is 700. The monoisotopic (exact) mass is 350 g/mol. The largest absolute Gasteiger partial charge is 0.355 e. The summed E-state index contributed by atoms with van der Waals surface area (Å²) in [4.78, 5) is 27.7. The maximum atomic E-state index is 11.9. The molecule has 128 valence electrons. The van der Waals surface area contributed by atoms with Gasteiger partial charge in [0, 0.05) is 30.0 Å². The smallest absolute Gasteiger partial charge is 0.242 e. The van der Waals surface area contributed by atoms with Gasteiger partial charge >= 0.3 is 0 Å². The number of aryl methyl sites for hydroxylation is 1. The van der Waals surface area contributed by atoms with Crippen molar-refractivity contribution >= 4 is 23.4 Å². The molecule has 0 saturated heterocycles. The molecule has 1 heterocycles. The van der Waals surface area contributed by atoms with Gasteiger partial charge in [0.15, 0.2) is 0 Å². The second-order valence-electron chi connectivity index (χ2n) is 5.20. The fourth-order valence-electron chi connectivity index (χ4n) is 2.00. The van der Waals surface area contributed by atoms with Gasteiger partial charge in [-0.25, -0.2) is 0 Å². The molecule has 1 aromatic heterocycles. The molecule has 8 heteroatoms. The standard InChI is InChI=1S/C16H19ClN4O3/c1-3-18-16(23)10(2)19-13(22)8-9-14-20-15(21-24-14)11-4-6-12(17)7-5-11/h4-7,10H,3,8-9H2,1-2H3,(H,18,23)(H,19,22)/t10-/m0/s1. The minimum absolute atomic E-state index is 0.159. The van der Waals surface area contributed by atoms with Crippen molar-refractivity contribution < 1.29 is 14.1 Å². The Morgan fingerprint density at radius 3 is 2.67 bits per heavy atom. The average Bonchev–Trinajstić information content (AvgIpc) is 3.03. The molecular weight excluding hydrogens is 332 g/mol. The molecule has 0 saturated carbocycles. The van der Waals surface area contributed by atoms with Crippen molar-refractivity contribution in [3.8, 4) is 11.4 Å². The molecular formula is C16H19ClN4O3. The van der Waals surface area contributed by atoms with Crippen molar-refractivity contribution in [1.82, 2.24) is 20.8 Å². The van der Waals surface area contributed by atoms with Gasteiger partial charge in [0.1, 0.15) is 6.04 Å². The summed E-state index contributed by atoms with van der Waals surface area (Å²) in [7, 11) is 0. The van der Waals surface area contributed by atoms with E-state index in [0.717, 1.165) is 5.56 Å². The van der Waals surface area contributed by atoms with Crippen LogP contribution in [-0.4, -0.2) is 34.5 Å². The van der Waals surface area contributed by atoms with Crippen LogP contribution in [0.15, 0.2) is 28.8 Å². The Morgan fingerprint density at radius 1 is 1.29 bits per heavy atom. The van der Waals surface area contributed by atoms with Crippen LogP contribution in [0.2, 0.25) is 5.02 Å². The molecule has 2 aromatic rings. The summed E-state index contributed by atoms with van der Waals surface area (Å²) in [5.74, 6) is 0.340. The molecule has 7 nitrogen and oxygen atoms in total. The topological polar surface area (TPSA) is 97.1 Å². The molecule has 0 aliphatic carbocycles. The number of hydrogen-bond donors (Lipinski definition) is 2. The van der Waals surface area contributed by atoms with E-state index < -0.39 is 6.04 Å². The zero-order valence-electron chi connectivity index (χ0n) is 13.5. The maximum Gasteiger partial charge on any atom is 0.242 e. The molecule has 1 aromatic carbocycles. The zero-order chi connectivity index (χ0) is 17.5. The van der Waals surface area contributed by atoms with Gasteiger partial charge in [0.25, 0.3) is 0 Å². The van der Waals surface area contributed by atoms with Crippen molar-refractivity contribution in [1.29, 1.82) is 0 Å². The van der Waals surface area contributed by atoms with Crippen molar-refractivity contribution in [3.05, 3.63) is 35.2 Å². The lowest BCUT2D eigenvalue weighted by atomic mass is 10.2. The highest BCUT2D eigenvalue weighted by Gasteiger charge is 2.16. The van der Waals surface area contributed by atoms with Crippen LogP contribution >= 0.6 is 11.6 Å². The number of hydrogen-bond acceptors (Lipinski definition) is 5. The number of nitrogens with one attached hydrogen (secondary N) is 2. The predicted octanol–water partition coefficient (Wildman–Crippen LogP) is 1.96. The Balaban J connectivity index is 1.85. The van der Waals surface area contributed by atoms with E-state index in [0.29, 0.717) is 29.7 Å². The number of carbonyl (C=O) groups is 2. The first-order valence-electron chi connectivity index (χ1n) is 7.65. The van der Waals surface area contributed by atoms with Crippen molar-refractivity contribution in [3.63, 3.8) is 0 Å². The number of nitrogens with zero attached hydrogens (tertiary/aromatic N) is 2. The van der Waals surface area contributed by atoms with E-state index in [2.05, 4.69) is 20.8 Å². The Labute approximate surface area is 144 Å². The van der Waals surface area contributed by atoms with Gasteiger partial charge in [-0.3, -0.25) is 9.59 Å². The van der Waals surface area contributed by atoms with E-state index in [1.165, 1.54) is 0 Å². The zero-order valence-corrected chi connectivity index (χ0v) is 14.3. The molecule has 24 heavy (non-hydrogen) atoms. The highest BCUT2D eigenvalue weighted by atomic mass is 35.5. The Hall–Kier alpha value is -2.41. The molecule has 0 bridgehead atoms. The van der Waals surface area contributed by atoms with Crippen molar-refractivity contribution in [2.75, 3.05) is 6.54 Å². The number of amides is 2. The second-order valence-corrected chi connectivity index (χ2v) is 5.64. The van der Waals surface area contributed by atoms with Gasteiger partial charge in [0.05, 0.1) is 0 Å². The first-order chi connectivity index (χ1) is 11.5. The number of likely N-dealkylation sites (N-methyl/N-ethyl adjacent to an activating group) is 1. The maximum absolute atomic E-state index is 11.9. The van der Waals surface area contributed by atoms with Crippen molar-refractivity contribution in [2.24, 2.45) is 0 Å². The van der Waals surface area contributed by atoms with Crippen LogP contribution in [0.3, 0.4) is 0 Å². The SMILES string of the molecule is CCNC(=O)[C@H](C)NC(=O)CCc1nc(-c2ccc(Cl)cc2)no1. The van der Waals surface area contributed by atoms with Gasteiger partial charge in [-0.2, -0.15) is 4.98 Å². The third kappa shape index (κ3) is 5.06. The molecule has 0 aliphatic rings. The third-order valence-corrected chi connectivity index (χ3v) is 3.51. The average molecular weight is 351 g/mol. The van der Waals surface area contributed by atoms with Crippen LogP contribution < -0.4 is 10.6 Å². The van der Waals surface area contributed by atoms with Gasteiger partial charge in [-0.1, -0.05) is 16.8 Å². The predicted molar refractivity (Wildman–Crippen MR) is 89.4 cm³/mol. The molecule has 2 rings (SSSR count). The highest BCUT2D eigenvalue weighted by Crippen LogP contribution is 2.18. The van der Waals surface area contributed by atoms with E-state index in [1.807, 2.05) is 6.92 Å². The van der Waals surface area contributed by atoms with Crippen LogP contribution in [0.4, 0.5) is 0 Å². The number of aromatic nitrogens is 2. The summed E-state index contributed by atoms with van der Waals surface area (Å²) >= 11 is 5.84. The van der Waals surface area contributed by atoms with Gasteiger partial charge in [0.2, 0.25) is 23.5 Å². The minimum atomic E-state index is -0.579. The van der Waals surface area contributed by atoms with E-state index in [9.17, 15) is 9.59 Å². The molecule has 0 spiro atoms. The minimum Gasteiger partial charge on any atom is -0.355 e. The Morgan fingerprint density at radius 2 is 2.00 bits per heavy atom. The van der Waals surface area contributed by atoms with Crippen LogP contribution in [0.25, 0.3) is 11.4 Å². The van der Waals surface area contributed by atoms with Crippen LogP contribution in [0.5, 0.6) is 0 Å². The van der Waals surface area contributed by atoms with E-state index >= 15 is 0 Å². The highest BCUT2D eigenvalue weighted by molar-refractivity contribution is 6.30. The molecule has 0 fully saturated rings. The van der Waals surface area contributed by atoms with E-state index in [1.54, 1.807) is 31.2 Å². The number of carbonyl (C=O) groups excluding carboxylic acids is 2. The van der Waals surface area contributed by atoms with Gasteiger partial charge in [-0.15, -0.1) is 0 Å². The van der Waals surface area contributed by atoms with Gasteiger partial charge in [-0.05, 0) is 38.1 Å². The lowest BCUT2D eigenvalue weighted by molar-refractivity contribution is -0.128. The summed E-state index contributed by atoms with van der Waals surface area (Å²) in [6, 6.07) is 6.48. The molecule has 2 amide bonds. The number of rotatable bonds is 7. The van der Waals surface area contributed by atoms with Crippen LogP contribution in [-0.2, 0) is 16.0 Å². The van der Waals surface area contributed by atoms with Crippen LogP contribution in [0, 0.1) is 0 Å². The number of benzene rings is 1. The summed E-state index contributed by atoms with van der Waals surface area (Å²) in [6.07, 6.45) is 0.459. The molecule has 2 N–H and O–H groups in total. The fourth-order valence-corrected chi connectivity index (χ4v) is 2.13. The summed E-state index contributed by atoms with van der Waals surface area (Å²) < 4.78 is 5.14. The normalized spacial score (nSPS) is 11.8. The van der Waals surface area contributed by atoms with Crippen molar-refractivity contribution in [2.45, 2.75) is 32.7 Å². The molecule has 0 unspecified atom stereocenters.